The summed E-state index contributed by atoms with van der Waals surface area (Å²) in [6.45, 7) is 6.66. The molecule has 152 valence electrons. The average molecular weight is 392 g/mol. The average Bonchev–Trinajstić information content (AvgIpc) is 2.84. The van der Waals surface area contributed by atoms with Crippen molar-refractivity contribution in [2.24, 2.45) is 0 Å². The molecule has 0 amide bonds. The number of rotatable bonds is 5. The Labute approximate surface area is 171 Å². The van der Waals surface area contributed by atoms with Gasteiger partial charge in [0, 0.05) is 41.1 Å². The topological polar surface area (TPSA) is 53.4 Å². The number of benzene rings is 1. The van der Waals surface area contributed by atoms with Gasteiger partial charge in [-0.1, -0.05) is 6.42 Å². The molecule has 1 aliphatic heterocycles. The second kappa shape index (κ2) is 7.90. The van der Waals surface area contributed by atoms with Crippen molar-refractivity contribution in [1.29, 1.82) is 0 Å². The number of carbonyl (C=O) groups is 1. The molecule has 4 rings (SSSR count). The van der Waals surface area contributed by atoms with Gasteiger partial charge in [0.1, 0.15) is 5.75 Å². The summed E-state index contributed by atoms with van der Waals surface area (Å²) in [4.78, 5) is 16.4. The molecule has 0 saturated heterocycles. The Bertz CT molecular complexity index is 1020. The first-order valence-corrected chi connectivity index (χ1v) is 10.4. The Balaban J connectivity index is 1.83. The maximum Gasteiger partial charge on any atom is 0.349 e. The van der Waals surface area contributed by atoms with E-state index in [1.807, 2.05) is 18.5 Å². The van der Waals surface area contributed by atoms with E-state index in [1.165, 1.54) is 41.6 Å². The lowest BCUT2D eigenvalue weighted by atomic mass is 10.00. The summed E-state index contributed by atoms with van der Waals surface area (Å²) in [5, 5.41) is 1.16. The van der Waals surface area contributed by atoms with Crippen LogP contribution in [0.1, 0.15) is 45.7 Å². The van der Waals surface area contributed by atoms with Gasteiger partial charge in [-0.05, 0) is 75.9 Å². The Morgan fingerprint density at radius 2 is 1.93 bits per heavy atom. The molecule has 5 heteroatoms. The predicted molar refractivity (Wildman–Crippen MR) is 114 cm³/mol. The van der Waals surface area contributed by atoms with Gasteiger partial charge in [-0.25, -0.2) is 4.79 Å². The summed E-state index contributed by atoms with van der Waals surface area (Å²) in [6.07, 6.45) is 8.40. The molecule has 2 aromatic heterocycles. The minimum atomic E-state index is -1.04. The van der Waals surface area contributed by atoms with E-state index in [2.05, 4.69) is 33.8 Å². The van der Waals surface area contributed by atoms with Gasteiger partial charge in [-0.2, -0.15) is 0 Å². The second-order valence-electron chi connectivity index (χ2n) is 8.03. The third kappa shape index (κ3) is 3.74. The molecule has 0 bridgehead atoms. The molecule has 1 aliphatic rings. The monoisotopic (exact) mass is 392 g/mol. The molecule has 0 aliphatic carbocycles. The van der Waals surface area contributed by atoms with Crippen molar-refractivity contribution in [2.75, 3.05) is 6.61 Å². The number of esters is 1. The zero-order chi connectivity index (χ0) is 20.4. The molecule has 1 aromatic carbocycles. The maximum absolute atomic E-state index is 12.3. The SMILES string of the molecule is CCOC(=O)C(C)(C)Oc1ccc2c(c1)c(-c1ccncc1)c1n2CCCCC1. The molecular formula is C24H28N2O3. The number of hydrogen-bond acceptors (Lipinski definition) is 4. The number of aryl methyl sites for hydroxylation is 1. The van der Waals surface area contributed by atoms with Crippen LogP contribution in [0.2, 0.25) is 0 Å². The molecular weight excluding hydrogens is 364 g/mol. The van der Waals surface area contributed by atoms with Crippen molar-refractivity contribution < 1.29 is 14.3 Å². The highest BCUT2D eigenvalue weighted by Crippen LogP contribution is 2.39. The van der Waals surface area contributed by atoms with Gasteiger partial charge in [0.05, 0.1) is 6.61 Å². The minimum absolute atomic E-state index is 0.336. The summed E-state index contributed by atoms with van der Waals surface area (Å²) in [7, 11) is 0. The Kier molecular flexibility index (Phi) is 5.31. The number of ether oxygens (including phenoxy) is 2. The van der Waals surface area contributed by atoms with Gasteiger partial charge in [0.15, 0.2) is 5.60 Å². The standard InChI is InChI=1S/C24H28N2O3/c1-4-28-23(27)24(2,3)29-18-9-10-20-19(16-18)22(17-11-13-25-14-12-17)21-8-6-5-7-15-26(20)21/h9-14,16H,4-8,15H2,1-3H3. The lowest BCUT2D eigenvalue weighted by molar-refractivity contribution is -0.158. The second-order valence-corrected chi connectivity index (χ2v) is 8.03. The Hall–Kier alpha value is -2.82. The van der Waals surface area contributed by atoms with Crippen LogP contribution in [0.4, 0.5) is 0 Å². The predicted octanol–water partition coefficient (Wildman–Crippen LogP) is 5.15. The number of fused-ring (bicyclic) bond motifs is 3. The quantitative estimate of drug-likeness (QED) is 0.564. The Morgan fingerprint density at radius 1 is 1.14 bits per heavy atom. The molecule has 29 heavy (non-hydrogen) atoms. The fraction of sp³-hybridized carbons (Fsp3) is 0.417. The van der Waals surface area contributed by atoms with E-state index >= 15 is 0 Å². The molecule has 0 N–H and O–H groups in total. The largest absolute Gasteiger partial charge is 0.476 e. The highest BCUT2D eigenvalue weighted by atomic mass is 16.6. The van der Waals surface area contributed by atoms with E-state index in [-0.39, 0.29) is 5.97 Å². The number of pyridine rings is 1. The summed E-state index contributed by atoms with van der Waals surface area (Å²) in [6, 6.07) is 10.3. The van der Waals surface area contributed by atoms with Crippen LogP contribution in [0.15, 0.2) is 42.7 Å². The summed E-state index contributed by atoms with van der Waals surface area (Å²) >= 11 is 0. The van der Waals surface area contributed by atoms with Gasteiger partial charge >= 0.3 is 5.97 Å². The zero-order valence-electron chi connectivity index (χ0n) is 17.4. The van der Waals surface area contributed by atoms with Crippen molar-refractivity contribution in [2.45, 2.75) is 58.6 Å². The highest BCUT2D eigenvalue weighted by molar-refractivity contribution is 5.99. The lowest BCUT2D eigenvalue weighted by Gasteiger charge is -2.24. The van der Waals surface area contributed by atoms with Crippen molar-refractivity contribution in [3.63, 3.8) is 0 Å². The third-order valence-electron chi connectivity index (χ3n) is 5.55. The first-order chi connectivity index (χ1) is 14.0. The first kappa shape index (κ1) is 19.5. The molecule has 0 spiro atoms. The summed E-state index contributed by atoms with van der Waals surface area (Å²) in [5.74, 6) is 0.314. The van der Waals surface area contributed by atoms with E-state index in [0.29, 0.717) is 12.4 Å². The summed E-state index contributed by atoms with van der Waals surface area (Å²) < 4.78 is 13.7. The van der Waals surface area contributed by atoms with Gasteiger partial charge in [-0.15, -0.1) is 0 Å². The van der Waals surface area contributed by atoms with Gasteiger partial charge in [0.2, 0.25) is 0 Å². The van der Waals surface area contributed by atoms with E-state index in [1.54, 1.807) is 20.8 Å². The molecule has 0 radical (unpaired) electrons. The van der Waals surface area contributed by atoms with E-state index in [9.17, 15) is 4.79 Å². The van der Waals surface area contributed by atoms with Gasteiger partial charge in [-0.3, -0.25) is 4.98 Å². The number of nitrogens with zero attached hydrogens (tertiary/aromatic N) is 2. The fourth-order valence-corrected chi connectivity index (χ4v) is 4.19. The van der Waals surface area contributed by atoms with Crippen LogP contribution in [-0.4, -0.2) is 27.7 Å². The third-order valence-corrected chi connectivity index (χ3v) is 5.55. The van der Waals surface area contributed by atoms with Crippen LogP contribution in [0.5, 0.6) is 5.75 Å². The van der Waals surface area contributed by atoms with E-state index in [4.69, 9.17) is 9.47 Å². The van der Waals surface area contributed by atoms with Crippen LogP contribution in [0, 0.1) is 0 Å². The highest BCUT2D eigenvalue weighted by Gasteiger charge is 2.32. The van der Waals surface area contributed by atoms with E-state index < -0.39 is 5.60 Å². The van der Waals surface area contributed by atoms with Crippen LogP contribution in [0.25, 0.3) is 22.0 Å². The van der Waals surface area contributed by atoms with Crippen LogP contribution in [-0.2, 0) is 22.5 Å². The van der Waals surface area contributed by atoms with Crippen LogP contribution < -0.4 is 4.74 Å². The molecule has 0 atom stereocenters. The number of aromatic nitrogens is 2. The molecule has 3 aromatic rings. The zero-order valence-corrected chi connectivity index (χ0v) is 17.4. The number of hydrogen-bond donors (Lipinski definition) is 0. The van der Waals surface area contributed by atoms with Gasteiger partial charge in [0.25, 0.3) is 0 Å². The molecule has 3 heterocycles. The lowest BCUT2D eigenvalue weighted by Crippen LogP contribution is -2.39. The maximum atomic E-state index is 12.3. The molecule has 0 saturated carbocycles. The first-order valence-electron chi connectivity index (χ1n) is 10.4. The molecule has 0 unspecified atom stereocenters. The minimum Gasteiger partial charge on any atom is -0.476 e. The Morgan fingerprint density at radius 3 is 2.69 bits per heavy atom. The smallest absolute Gasteiger partial charge is 0.349 e. The van der Waals surface area contributed by atoms with Crippen molar-refractivity contribution in [3.05, 3.63) is 48.4 Å². The fourth-order valence-electron chi connectivity index (χ4n) is 4.19. The van der Waals surface area contributed by atoms with E-state index in [0.717, 1.165) is 18.4 Å². The van der Waals surface area contributed by atoms with Crippen molar-refractivity contribution in [3.8, 4) is 16.9 Å². The molecule has 5 nitrogen and oxygen atoms in total. The van der Waals surface area contributed by atoms with Gasteiger partial charge < -0.3 is 14.0 Å². The normalized spacial score (nSPS) is 14.3. The molecule has 0 fully saturated rings. The van der Waals surface area contributed by atoms with Crippen LogP contribution >= 0.6 is 0 Å². The van der Waals surface area contributed by atoms with Crippen molar-refractivity contribution >= 4 is 16.9 Å². The summed E-state index contributed by atoms with van der Waals surface area (Å²) in [5.41, 5.74) is 3.98. The number of carbonyl (C=O) groups excluding carboxylic acids is 1. The van der Waals surface area contributed by atoms with Crippen LogP contribution in [0.3, 0.4) is 0 Å². The van der Waals surface area contributed by atoms with Crippen molar-refractivity contribution in [1.82, 2.24) is 9.55 Å².